The summed E-state index contributed by atoms with van der Waals surface area (Å²) in [5, 5.41) is 0. The molecule has 0 aliphatic heterocycles. The number of ether oxygens (including phenoxy) is 1. The molecule has 0 bridgehead atoms. The smallest absolute Gasteiger partial charge is 0.326 e. The van der Waals surface area contributed by atoms with Crippen molar-refractivity contribution in [3.8, 4) is 0 Å². The van der Waals surface area contributed by atoms with Crippen molar-refractivity contribution in [3.63, 3.8) is 0 Å². The molecule has 0 aliphatic carbocycles. The van der Waals surface area contributed by atoms with Crippen LogP contribution < -0.4 is 11.1 Å². The van der Waals surface area contributed by atoms with Crippen LogP contribution in [0.25, 0.3) is 11.0 Å². The highest BCUT2D eigenvalue weighted by Gasteiger charge is 2.11. The Morgan fingerprint density at radius 3 is 2.78 bits per heavy atom. The van der Waals surface area contributed by atoms with Gasteiger partial charge in [-0.1, -0.05) is 12.1 Å². The number of para-hydroxylation sites is 2. The number of H-pyrrole nitrogens is 1. The van der Waals surface area contributed by atoms with E-state index in [2.05, 4.69) is 4.98 Å². The third-order valence-electron chi connectivity index (χ3n) is 2.47. The molecule has 2 aromatic rings. The maximum absolute atomic E-state index is 11.7. The Morgan fingerprint density at radius 2 is 2.06 bits per heavy atom. The molecule has 1 heterocycles. The van der Waals surface area contributed by atoms with Gasteiger partial charge in [0.2, 0.25) is 0 Å². The minimum Gasteiger partial charge on any atom is -0.465 e. The van der Waals surface area contributed by atoms with E-state index < -0.39 is 17.1 Å². The number of carbonyl (C=O) groups is 1. The van der Waals surface area contributed by atoms with Gasteiger partial charge in [0.25, 0.3) is 0 Å². The van der Waals surface area contributed by atoms with Crippen molar-refractivity contribution in [2.24, 2.45) is 0 Å². The quantitative estimate of drug-likeness (QED) is 0.623. The Bertz CT molecular complexity index is 699. The van der Waals surface area contributed by atoms with Crippen LogP contribution in [0.1, 0.15) is 6.92 Å². The second kappa shape index (κ2) is 4.87. The number of carbonyl (C=O) groups excluding carboxylic acids is 1. The number of hydrogen-bond acceptors (Lipinski definition) is 4. The summed E-state index contributed by atoms with van der Waals surface area (Å²) in [4.78, 5) is 37.1. The topological polar surface area (TPSA) is 81.2 Å². The van der Waals surface area contributed by atoms with E-state index in [0.29, 0.717) is 11.0 Å². The molecule has 1 N–H and O–H groups in total. The molecule has 0 radical (unpaired) electrons. The SMILES string of the molecule is CCOC(=O)Cn1c(=O)c(=O)[nH]c2ccccc21. The second-order valence-electron chi connectivity index (χ2n) is 3.67. The average molecular weight is 248 g/mol. The monoisotopic (exact) mass is 248 g/mol. The maximum Gasteiger partial charge on any atom is 0.326 e. The van der Waals surface area contributed by atoms with Crippen LogP contribution in [-0.4, -0.2) is 22.1 Å². The van der Waals surface area contributed by atoms with E-state index in [-0.39, 0.29) is 13.2 Å². The second-order valence-corrected chi connectivity index (χ2v) is 3.67. The van der Waals surface area contributed by atoms with Crippen molar-refractivity contribution in [1.82, 2.24) is 9.55 Å². The molecule has 6 nitrogen and oxygen atoms in total. The summed E-state index contributed by atoms with van der Waals surface area (Å²) >= 11 is 0. The standard InChI is InChI=1S/C12H12N2O4/c1-2-18-10(15)7-14-9-6-4-3-5-8(9)13-11(16)12(14)17/h3-6H,2,7H2,1H3,(H,13,16). The predicted octanol–water partition coefficient (Wildman–Crippen LogP) is 0.253. The minimum atomic E-state index is -0.762. The van der Waals surface area contributed by atoms with Gasteiger partial charge < -0.3 is 9.72 Å². The molecule has 18 heavy (non-hydrogen) atoms. The zero-order valence-corrected chi connectivity index (χ0v) is 9.80. The van der Waals surface area contributed by atoms with Crippen LogP contribution in [-0.2, 0) is 16.1 Å². The molecule has 0 amide bonds. The molecule has 6 heteroatoms. The van der Waals surface area contributed by atoms with Gasteiger partial charge in [0.05, 0.1) is 17.6 Å². The van der Waals surface area contributed by atoms with Crippen LogP contribution in [0.5, 0.6) is 0 Å². The van der Waals surface area contributed by atoms with Crippen LogP contribution in [0, 0.1) is 0 Å². The molecule has 2 rings (SSSR count). The summed E-state index contributed by atoms with van der Waals surface area (Å²) in [7, 11) is 0. The Balaban J connectivity index is 2.60. The van der Waals surface area contributed by atoms with Crippen LogP contribution in [0.2, 0.25) is 0 Å². The molecule has 94 valence electrons. The number of rotatable bonds is 3. The zero-order chi connectivity index (χ0) is 13.1. The fourth-order valence-electron chi connectivity index (χ4n) is 1.72. The van der Waals surface area contributed by atoms with Gasteiger partial charge in [-0.15, -0.1) is 0 Å². The van der Waals surface area contributed by atoms with Gasteiger partial charge in [-0.2, -0.15) is 0 Å². The molecular formula is C12H12N2O4. The summed E-state index contributed by atoms with van der Waals surface area (Å²) in [5.41, 5.74) is -0.513. The van der Waals surface area contributed by atoms with E-state index in [1.165, 1.54) is 0 Å². The third-order valence-corrected chi connectivity index (χ3v) is 2.47. The number of aromatic amines is 1. The molecule has 0 atom stereocenters. The molecule has 0 saturated carbocycles. The first-order valence-corrected chi connectivity index (χ1v) is 5.51. The molecule has 1 aromatic carbocycles. The average Bonchev–Trinajstić information content (AvgIpc) is 2.35. The number of hydrogen-bond donors (Lipinski definition) is 1. The van der Waals surface area contributed by atoms with Crippen LogP contribution in [0.4, 0.5) is 0 Å². The maximum atomic E-state index is 11.7. The van der Waals surface area contributed by atoms with Gasteiger partial charge in [-0.05, 0) is 19.1 Å². The highest BCUT2D eigenvalue weighted by molar-refractivity contribution is 5.77. The molecule has 1 aromatic heterocycles. The Labute approximate surface area is 102 Å². The lowest BCUT2D eigenvalue weighted by molar-refractivity contribution is -0.143. The van der Waals surface area contributed by atoms with Gasteiger partial charge in [-0.25, -0.2) is 0 Å². The van der Waals surface area contributed by atoms with Crippen LogP contribution in [0.3, 0.4) is 0 Å². The zero-order valence-electron chi connectivity index (χ0n) is 9.80. The molecule has 0 spiro atoms. The van der Waals surface area contributed by atoms with Gasteiger partial charge in [0.1, 0.15) is 6.54 Å². The number of benzene rings is 1. The predicted molar refractivity (Wildman–Crippen MR) is 65.5 cm³/mol. The first-order valence-electron chi connectivity index (χ1n) is 5.51. The van der Waals surface area contributed by atoms with Crippen molar-refractivity contribution >= 4 is 17.0 Å². The van der Waals surface area contributed by atoms with Gasteiger partial charge in [0.15, 0.2) is 0 Å². The summed E-state index contributed by atoms with van der Waals surface area (Å²) < 4.78 is 5.90. The highest BCUT2D eigenvalue weighted by Crippen LogP contribution is 2.06. The summed E-state index contributed by atoms with van der Waals surface area (Å²) in [6, 6.07) is 6.78. The van der Waals surface area contributed by atoms with E-state index >= 15 is 0 Å². The lowest BCUT2D eigenvalue weighted by Crippen LogP contribution is -2.38. The Hall–Kier alpha value is -2.37. The Morgan fingerprint density at radius 1 is 1.33 bits per heavy atom. The highest BCUT2D eigenvalue weighted by atomic mass is 16.5. The number of nitrogens with zero attached hydrogens (tertiary/aromatic N) is 1. The van der Waals surface area contributed by atoms with E-state index in [1.807, 2.05) is 0 Å². The van der Waals surface area contributed by atoms with Gasteiger partial charge in [-0.3, -0.25) is 19.0 Å². The molecule has 0 saturated heterocycles. The molecule has 0 unspecified atom stereocenters. The first kappa shape index (κ1) is 12.1. The fraction of sp³-hybridized carbons (Fsp3) is 0.250. The van der Waals surface area contributed by atoms with Crippen LogP contribution in [0.15, 0.2) is 33.9 Å². The number of esters is 1. The number of fused-ring (bicyclic) bond motifs is 1. The molecule has 0 aliphatic rings. The van der Waals surface area contributed by atoms with E-state index in [0.717, 1.165) is 4.57 Å². The molecular weight excluding hydrogens is 236 g/mol. The van der Waals surface area contributed by atoms with Crippen molar-refractivity contribution in [2.45, 2.75) is 13.5 Å². The largest absolute Gasteiger partial charge is 0.465 e. The van der Waals surface area contributed by atoms with Crippen molar-refractivity contribution in [2.75, 3.05) is 6.61 Å². The normalized spacial score (nSPS) is 10.5. The van der Waals surface area contributed by atoms with Gasteiger partial charge >= 0.3 is 17.1 Å². The third kappa shape index (κ3) is 2.17. The fourth-order valence-corrected chi connectivity index (χ4v) is 1.72. The lowest BCUT2D eigenvalue weighted by atomic mass is 10.3. The minimum absolute atomic E-state index is 0.231. The van der Waals surface area contributed by atoms with Crippen molar-refractivity contribution in [1.29, 1.82) is 0 Å². The van der Waals surface area contributed by atoms with Gasteiger partial charge in [0, 0.05) is 0 Å². The lowest BCUT2D eigenvalue weighted by Gasteiger charge is -2.08. The number of aromatic nitrogens is 2. The number of nitrogens with one attached hydrogen (secondary N) is 1. The van der Waals surface area contributed by atoms with E-state index in [4.69, 9.17) is 4.74 Å². The summed E-state index contributed by atoms with van der Waals surface area (Å²) in [6.45, 7) is 1.64. The van der Waals surface area contributed by atoms with E-state index in [1.54, 1.807) is 31.2 Å². The summed E-state index contributed by atoms with van der Waals surface area (Å²) in [6.07, 6.45) is 0. The van der Waals surface area contributed by atoms with Crippen LogP contribution >= 0.6 is 0 Å². The van der Waals surface area contributed by atoms with Crippen molar-refractivity contribution < 1.29 is 9.53 Å². The molecule has 0 fully saturated rings. The van der Waals surface area contributed by atoms with Crippen molar-refractivity contribution in [3.05, 3.63) is 45.0 Å². The first-order chi connectivity index (χ1) is 8.63. The summed E-state index contributed by atoms with van der Waals surface area (Å²) in [5.74, 6) is -0.546. The Kier molecular flexibility index (Phi) is 3.27. The van der Waals surface area contributed by atoms with E-state index in [9.17, 15) is 14.4 Å².